The average molecular weight is 338 g/mol. The summed E-state index contributed by atoms with van der Waals surface area (Å²) in [5.74, 6) is -0.281. The predicted molar refractivity (Wildman–Crippen MR) is 96.0 cm³/mol. The molecule has 2 amide bonds. The minimum atomic E-state index is -0.551. The maximum Gasteiger partial charge on any atom is 0.246 e. The second-order valence-electron chi connectivity index (χ2n) is 6.21. The molecule has 1 aliphatic rings. The summed E-state index contributed by atoms with van der Waals surface area (Å²) in [5.41, 5.74) is 2.80. The Morgan fingerprint density at radius 1 is 1.12 bits per heavy atom. The van der Waals surface area contributed by atoms with E-state index in [4.69, 9.17) is 0 Å². The number of fused-ring (bicyclic) bond motifs is 1. The van der Waals surface area contributed by atoms with Crippen molar-refractivity contribution in [1.29, 1.82) is 0 Å². The van der Waals surface area contributed by atoms with Gasteiger partial charge in [-0.25, -0.2) is 0 Å². The van der Waals surface area contributed by atoms with E-state index < -0.39 is 6.04 Å². The molecule has 1 N–H and O–H groups in total. The lowest BCUT2D eigenvalue weighted by Crippen LogP contribution is -2.49. The molecule has 0 fully saturated rings. The van der Waals surface area contributed by atoms with E-state index >= 15 is 0 Å². The first kappa shape index (κ1) is 17.2. The van der Waals surface area contributed by atoms with Crippen molar-refractivity contribution in [3.8, 4) is 0 Å². The van der Waals surface area contributed by atoms with E-state index in [1.165, 1.54) is 6.92 Å². The Bertz CT molecular complexity index is 761. The highest BCUT2D eigenvalue weighted by atomic mass is 16.3. The maximum absolute atomic E-state index is 13.1. The lowest BCUT2D eigenvalue weighted by molar-refractivity contribution is -0.135. The van der Waals surface area contributed by atoms with Crippen molar-refractivity contribution < 1.29 is 14.7 Å². The Balaban J connectivity index is 1.85. The molecule has 1 heterocycles. The topological polar surface area (TPSA) is 60.9 Å². The standard InChI is InChI=1S/C20H22N2O3/c1-15(24)22-18-10-6-5-9-17(18)13-19(22)20(25)21(11-12-23)14-16-7-3-2-4-8-16/h2-10,19,23H,11-14H2,1H3/t19-/m0/s1. The molecule has 1 atom stereocenters. The third-order valence-corrected chi connectivity index (χ3v) is 4.50. The number of nitrogens with zero attached hydrogens (tertiary/aromatic N) is 2. The molecule has 130 valence electrons. The van der Waals surface area contributed by atoms with Gasteiger partial charge in [0, 0.05) is 32.1 Å². The monoisotopic (exact) mass is 338 g/mol. The third-order valence-electron chi connectivity index (χ3n) is 4.50. The number of rotatable bonds is 5. The summed E-state index contributed by atoms with van der Waals surface area (Å²) in [7, 11) is 0. The molecule has 0 saturated carbocycles. The number of anilines is 1. The number of aliphatic hydroxyl groups is 1. The van der Waals surface area contributed by atoms with E-state index in [1.54, 1.807) is 9.80 Å². The summed E-state index contributed by atoms with van der Waals surface area (Å²) in [6.45, 7) is 2.03. The first-order chi connectivity index (χ1) is 12.1. The van der Waals surface area contributed by atoms with Crippen LogP contribution in [0.25, 0.3) is 0 Å². The van der Waals surface area contributed by atoms with Gasteiger partial charge in [0.15, 0.2) is 0 Å². The zero-order valence-electron chi connectivity index (χ0n) is 14.3. The van der Waals surface area contributed by atoms with Crippen LogP contribution in [0, 0.1) is 0 Å². The first-order valence-electron chi connectivity index (χ1n) is 8.43. The van der Waals surface area contributed by atoms with Crippen LogP contribution in [0.1, 0.15) is 18.1 Å². The molecular weight excluding hydrogens is 316 g/mol. The largest absolute Gasteiger partial charge is 0.395 e. The number of carbonyl (C=O) groups is 2. The molecule has 3 rings (SSSR count). The van der Waals surface area contributed by atoms with Gasteiger partial charge in [0.2, 0.25) is 11.8 Å². The molecule has 0 spiro atoms. The van der Waals surface area contributed by atoms with Crippen molar-refractivity contribution in [2.75, 3.05) is 18.1 Å². The van der Waals surface area contributed by atoms with E-state index in [1.807, 2.05) is 54.6 Å². The zero-order chi connectivity index (χ0) is 17.8. The smallest absolute Gasteiger partial charge is 0.246 e. The summed E-state index contributed by atoms with van der Waals surface area (Å²) >= 11 is 0. The van der Waals surface area contributed by atoms with Gasteiger partial charge in [-0.3, -0.25) is 14.5 Å². The SMILES string of the molecule is CC(=O)N1c2ccccc2C[C@H]1C(=O)N(CCO)Cc1ccccc1. The zero-order valence-corrected chi connectivity index (χ0v) is 14.3. The van der Waals surface area contributed by atoms with Gasteiger partial charge in [0.25, 0.3) is 0 Å². The number of benzene rings is 2. The second-order valence-corrected chi connectivity index (χ2v) is 6.21. The first-order valence-corrected chi connectivity index (χ1v) is 8.43. The normalized spacial score (nSPS) is 15.8. The van der Waals surface area contributed by atoms with Crippen molar-refractivity contribution in [1.82, 2.24) is 4.90 Å². The van der Waals surface area contributed by atoms with Crippen molar-refractivity contribution in [3.63, 3.8) is 0 Å². The van der Waals surface area contributed by atoms with Crippen molar-refractivity contribution >= 4 is 17.5 Å². The highest BCUT2D eigenvalue weighted by Crippen LogP contribution is 2.33. The molecular formula is C20H22N2O3. The van der Waals surface area contributed by atoms with Crippen LogP contribution in [0.2, 0.25) is 0 Å². The molecule has 2 aromatic rings. The summed E-state index contributed by atoms with van der Waals surface area (Å²) in [5, 5.41) is 9.38. The molecule has 0 aliphatic carbocycles. The van der Waals surface area contributed by atoms with Crippen LogP contribution >= 0.6 is 0 Å². The van der Waals surface area contributed by atoms with Gasteiger partial charge in [-0.05, 0) is 17.2 Å². The number of aliphatic hydroxyl groups excluding tert-OH is 1. The lowest BCUT2D eigenvalue weighted by atomic mass is 10.1. The number of carbonyl (C=O) groups excluding carboxylic acids is 2. The average Bonchev–Trinajstić information content (AvgIpc) is 3.01. The summed E-state index contributed by atoms with van der Waals surface area (Å²) in [4.78, 5) is 28.5. The van der Waals surface area contributed by atoms with Gasteiger partial charge in [-0.15, -0.1) is 0 Å². The third kappa shape index (κ3) is 3.56. The highest BCUT2D eigenvalue weighted by molar-refractivity contribution is 6.02. The van der Waals surface area contributed by atoms with Crippen LogP contribution in [-0.2, 0) is 22.6 Å². The minimum absolute atomic E-state index is 0.113. The van der Waals surface area contributed by atoms with Crippen LogP contribution in [0.3, 0.4) is 0 Å². The van der Waals surface area contributed by atoms with Gasteiger partial charge >= 0.3 is 0 Å². The summed E-state index contributed by atoms with van der Waals surface area (Å²) in [6.07, 6.45) is 0.505. The fourth-order valence-electron chi connectivity index (χ4n) is 3.38. The van der Waals surface area contributed by atoms with E-state index in [0.29, 0.717) is 13.0 Å². The molecule has 5 heteroatoms. The Hall–Kier alpha value is -2.66. The molecule has 0 radical (unpaired) electrons. The van der Waals surface area contributed by atoms with Crippen LogP contribution in [0.4, 0.5) is 5.69 Å². The number of hydrogen-bond acceptors (Lipinski definition) is 3. The fraction of sp³-hybridized carbons (Fsp3) is 0.300. The van der Waals surface area contributed by atoms with Gasteiger partial charge < -0.3 is 10.0 Å². The van der Waals surface area contributed by atoms with Gasteiger partial charge in [-0.2, -0.15) is 0 Å². The molecule has 0 bridgehead atoms. The number of amides is 2. The van der Waals surface area contributed by atoms with Crippen LogP contribution in [-0.4, -0.2) is 41.0 Å². The van der Waals surface area contributed by atoms with E-state index in [0.717, 1.165) is 16.8 Å². The van der Waals surface area contributed by atoms with Crippen molar-refractivity contribution in [3.05, 3.63) is 65.7 Å². The molecule has 1 aliphatic heterocycles. The Morgan fingerprint density at radius 3 is 2.48 bits per heavy atom. The van der Waals surface area contributed by atoms with Crippen molar-refractivity contribution in [2.45, 2.75) is 25.9 Å². The molecule has 2 aromatic carbocycles. The quantitative estimate of drug-likeness (QED) is 0.907. The number of hydrogen-bond donors (Lipinski definition) is 1. The van der Waals surface area contributed by atoms with E-state index in [9.17, 15) is 14.7 Å². The Labute approximate surface area is 147 Å². The Morgan fingerprint density at radius 2 is 1.80 bits per heavy atom. The minimum Gasteiger partial charge on any atom is -0.395 e. The molecule has 25 heavy (non-hydrogen) atoms. The predicted octanol–water partition coefficient (Wildman–Crippen LogP) is 1.99. The Kier molecular flexibility index (Phi) is 5.14. The van der Waals surface area contributed by atoms with Gasteiger partial charge in [0.1, 0.15) is 6.04 Å². The fourth-order valence-corrected chi connectivity index (χ4v) is 3.38. The molecule has 0 unspecified atom stereocenters. The second kappa shape index (κ2) is 7.49. The summed E-state index contributed by atoms with van der Waals surface area (Å²) in [6, 6.07) is 16.7. The van der Waals surface area contributed by atoms with Crippen LogP contribution in [0.5, 0.6) is 0 Å². The lowest BCUT2D eigenvalue weighted by Gasteiger charge is -2.30. The molecule has 0 saturated heterocycles. The number of para-hydroxylation sites is 1. The highest BCUT2D eigenvalue weighted by Gasteiger charge is 2.38. The van der Waals surface area contributed by atoms with Gasteiger partial charge in [-0.1, -0.05) is 48.5 Å². The van der Waals surface area contributed by atoms with E-state index in [-0.39, 0.29) is 25.0 Å². The molecule has 0 aromatic heterocycles. The summed E-state index contributed by atoms with van der Waals surface area (Å²) < 4.78 is 0. The van der Waals surface area contributed by atoms with Crippen LogP contribution in [0.15, 0.2) is 54.6 Å². The van der Waals surface area contributed by atoms with Crippen LogP contribution < -0.4 is 4.90 Å². The molecule has 5 nitrogen and oxygen atoms in total. The van der Waals surface area contributed by atoms with Crippen molar-refractivity contribution in [2.24, 2.45) is 0 Å². The van der Waals surface area contributed by atoms with E-state index in [2.05, 4.69) is 0 Å². The van der Waals surface area contributed by atoms with Gasteiger partial charge in [0.05, 0.1) is 6.61 Å². The maximum atomic E-state index is 13.1.